The van der Waals surface area contributed by atoms with Gasteiger partial charge >= 0.3 is 12.0 Å². The highest BCUT2D eigenvalue weighted by Crippen LogP contribution is 2.08. The van der Waals surface area contributed by atoms with E-state index in [2.05, 4.69) is 14.8 Å². The first-order valence-corrected chi connectivity index (χ1v) is 5.46. The van der Waals surface area contributed by atoms with Crippen molar-refractivity contribution in [2.75, 3.05) is 13.7 Å². The molecule has 0 fully saturated rings. The minimum absolute atomic E-state index is 0.177. The van der Waals surface area contributed by atoms with E-state index >= 15 is 0 Å². The molecule has 2 rings (SSSR count). The van der Waals surface area contributed by atoms with E-state index in [1.165, 1.54) is 7.11 Å². The molecule has 0 bridgehead atoms. The highest BCUT2D eigenvalue weighted by Gasteiger charge is 2.05. The average molecular weight is 247 g/mol. The quantitative estimate of drug-likeness (QED) is 0.743. The van der Waals surface area contributed by atoms with Gasteiger partial charge in [-0.3, -0.25) is 4.79 Å². The molecule has 0 N–H and O–H groups in total. The third-order valence-corrected chi connectivity index (χ3v) is 2.26. The molecule has 6 nitrogen and oxygen atoms in total. The summed E-state index contributed by atoms with van der Waals surface area (Å²) in [5.41, 5.74) is 0.896. The van der Waals surface area contributed by atoms with Crippen LogP contribution in [0.25, 0.3) is 5.69 Å². The largest absolute Gasteiger partial charge is 0.469 e. The van der Waals surface area contributed by atoms with Gasteiger partial charge in [0.2, 0.25) is 0 Å². The number of para-hydroxylation sites is 1. The molecule has 0 saturated carbocycles. The van der Waals surface area contributed by atoms with Gasteiger partial charge in [-0.2, -0.15) is 4.98 Å². The molecule has 0 aliphatic carbocycles. The zero-order chi connectivity index (χ0) is 12.8. The van der Waals surface area contributed by atoms with Gasteiger partial charge in [-0.1, -0.05) is 18.2 Å². The summed E-state index contributed by atoms with van der Waals surface area (Å²) in [6, 6.07) is 9.81. The number of rotatable bonds is 5. The van der Waals surface area contributed by atoms with Crippen molar-refractivity contribution in [2.24, 2.45) is 0 Å². The molecule has 1 aromatic heterocycles. The number of hydrogen-bond donors (Lipinski definition) is 0. The lowest BCUT2D eigenvalue weighted by molar-refractivity contribution is -0.141. The van der Waals surface area contributed by atoms with Crippen LogP contribution in [0.2, 0.25) is 0 Å². The molecule has 0 spiro atoms. The first-order chi connectivity index (χ1) is 8.79. The van der Waals surface area contributed by atoms with Crippen LogP contribution in [-0.4, -0.2) is 34.5 Å². The summed E-state index contributed by atoms with van der Waals surface area (Å²) in [4.78, 5) is 14.9. The van der Waals surface area contributed by atoms with Gasteiger partial charge in [-0.05, 0) is 12.1 Å². The van der Waals surface area contributed by atoms with E-state index in [1.807, 2.05) is 30.3 Å². The van der Waals surface area contributed by atoms with Crippen LogP contribution in [0.3, 0.4) is 0 Å². The predicted molar refractivity (Wildman–Crippen MR) is 63.5 cm³/mol. The summed E-state index contributed by atoms with van der Waals surface area (Å²) >= 11 is 0. The number of nitrogens with zero attached hydrogens (tertiary/aromatic N) is 3. The van der Waals surface area contributed by atoms with E-state index in [9.17, 15) is 4.79 Å². The number of carbonyl (C=O) groups excluding carboxylic acids is 1. The van der Waals surface area contributed by atoms with Gasteiger partial charge in [0.15, 0.2) is 0 Å². The van der Waals surface area contributed by atoms with Crippen LogP contribution >= 0.6 is 0 Å². The Morgan fingerprint density at radius 3 is 2.83 bits per heavy atom. The van der Waals surface area contributed by atoms with E-state index in [-0.39, 0.29) is 25.0 Å². The molecule has 0 unspecified atom stereocenters. The van der Waals surface area contributed by atoms with Gasteiger partial charge in [0.25, 0.3) is 0 Å². The summed E-state index contributed by atoms with van der Waals surface area (Å²) in [5.74, 6) is -0.322. The predicted octanol–water partition coefficient (Wildman–Crippen LogP) is 1.21. The molecule has 0 aliphatic heterocycles. The van der Waals surface area contributed by atoms with Crippen molar-refractivity contribution in [3.63, 3.8) is 0 Å². The number of aromatic nitrogens is 3. The SMILES string of the molecule is COC(=O)CCOc1ncn(-c2ccccc2)n1. The van der Waals surface area contributed by atoms with Gasteiger partial charge in [0, 0.05) is 0 Å². The van der Waals surface area contributed by atoms with Crippen LogP contribution in [0, 0.1) is 0 Å². The Labute approximate surface area is 104 Å². The lowest BCUT2D eigenvalue weighted by atomic mass is 10.3. The Kier molecular flexibility index (Phi) is 3.90. The van der Waals surface area contributed by atoms with E-state index in [0.717, 1.165) is 5.69 Å². The highest BCUT2D eigenvalue weighted by molar-refractivity contribution is 5.69. The molecular weight excluding hydrogens is 234 g/mol. The maximum Gasteiger partial charge on any atom is 0.335 e. The standard InChI is InChI=1S/C12H13N3O3/c1-17-11(16)7-8-18-12-13-9-15(14-12)10-5-3-2-4-6-10/h2-6,9H,7-8H2,1H3. The molecular formula is C12H13N3O3. The first kappa shape index (κ1) is 12.1. The smallest absolute Gasteiger partial charge is 0.335 e. The number of benzene rings is 1. The zero-order valence-corrected chi connectivity index (χ0v) is 9.94. The van der Waals surface area contributed by atoms with Crippen molar-refractivity contribution >= 4 is 5.97 Å². The zero-order valence-electron chi connectivity index (χ0n) is 9.94. The summed E-state index contributed by atoms with van der Waals surface area (Å²) in [6.45, 7) is 0.200. The van der Waals surface area contributed by atoms with Gasteiger partial charge in [-0.15, -0.1) is 5.10 Å². The van der Waals surface area contributed by atoms with Crippen LogP contribution in [0.5, 0.6) is 6.01 Å². The molecule has 94 valence electrons. The molecule has 1 heterocycles. The van der Waals surface area contributed by atoms with Crippen molar-refractivity contribution in [3.8, 4) is 11.7 Å². The van der Waals surface area contributed by atoms with E-state index < -0.39 is 0 Å². The second kappa shape index (κ2) is 5.81. The first-order valence-electron chi connectivity index (χ1n) is 5.46. The van der Waals surface area contributed by atoms with Gasteiger partial charge in [0.1, 0.15) is 12.9 Å². The van der Waals surface area contributed by atoms with Crippen molar-refractivity contribution in [1.29, 1.82) is 0 Å². The molecule has 6 heteroatoms. The van der Waals surface area contributed by atoms with Crippen molar-refractivity contribution in [3.05, 3.63) is 36.7 Å². The Hall–Kier alpha value is -2.37. The van der Waals surface area contributed by atoms with Crippen molar-refractivity contribution in [1.82, 2.24) is 14.8 Å². The fourth-order valence-corrected chi connectivity index (χ4v) is 1.35. The summed E-state index contributed by atoms with van der Waals surface area (Å²) < 4.78 is 11.3. The minimum Gasteiger partial charge on any atom is -0.469 e. The number of methoxy groups -OCH3 is 1. The van der Waals surface area contributed by atoms with Gasteiger partial charge in [0.05, 0.1) is 19.2 Å². The second-order valence-corrected chi connectivity index (χ2v) is 3.48. The van der Waals surface area contributed by atoms with E-state index in [0.29, 0.717) is 0 Å². The number of hydrogen-bond acceptors (Lipinski definition) is 5. The number of esters is 1. The minimum atomic E-state index is -0.322. The van der Waals surface area contributed by atoms with Gasteiger partial charge < -0.3 is 9.47 Å². The monoisotopic (exact) mass is 247 g/mol. The molecule has 18 heavy (non-hydrogen) atoms. The molecule has 0 radical (unpaired) electrons. The second-order valence-electron chi connectivity index (χ2n) is 3.48. The maximum absolute atomic E-state index is 10.9. The Bertz CT molecular complexity index is 510. The van der Waals surface area contributed by atoms with Gasteiger partial charge in [-0.25, -0.2) is 4.68 Å². The summed E-state index contributed by atoms with van der Waals surface area (Å²) in [5, 5.41) is 4.13. The van der Waals surface area contributed by atoms with Crippen LogP contribution in [-0.2, 0) is 9.53 Å². The van der Waals surface area contributed by atoms with Crippen LogP contribution in [0.1, 0.15) is 6.42 Å². The topological polar surface area (TPSA) is 66.2 Å². The highest BCUT2D eigenvalue weighted by atomic mass is 16.5. The lowest BCUT2D eigenvalue weighted by Crippen LogP contribution is -2.08. The normalized spacial score (nSPS) is 10.1. The number of carbonyl (C=O) groups is 1. The number of ether oxygens (including phenoxy) is 2. The Balaban J connectivity index is 1.93. The fourth-order valence-electron chi connectivity index (χ4n) is 1.35. The van der Waals surface area contributed by atoms with Crippen LogP contribution in [0.4, 0.5) is 0 Å². The molecule has 2 aromatic rings. The van der Waals surface area contributed by atoms with E-state index in [4.69, 9.17) is 4.74 Å². The molecule has 0 aliphatic rings. The Morgan fingerprint density at radius 2 is 2.11 bits per heavy atom. The average Bonchev–Trinajstić information content (AvgIpc) is 2.88. The van der Waals surface area contributed by atoms with Crippen molar-refractivity contribution in [2.45, 2.75) is 6.42 Å². The van der Waals surface area contributed by atoms with Crippen molar-refractivity contribution < 1.29 is 14.3 Å². The van der Waals surface area contributed by atoms with E-state index in [1.54, 1.807) is 11.0 Å². The molecule has 0 saturated heterocycles. The molecule has 0 amide bonds. The molecule has 1 aromatic carbocycles. The Morgan fingerprint density at radius 1 is 1.33 bits per heavy atom. The van der Waals surface area contributed by atoms with Crippen LogP contribution < -0.4 is 4.74 Å². The van der Waals surface area contributed by atoms with Crippen LogP contribution in [0.15, 0.2) is 36.7 Å². The lowest BCUT2D eigenvalue weighted by Gasteiger charge is -2.00. The third kappa shape index (κ3) is 3.07. The molecule has 0 atom stereocenters. The summed E-state index contributed by atoms with van der Waals surface area (Å²) in [7, 11) is 1.34. The third-order valence-electron chi connectivity index (χ3n) is 2.26. The summed E-state index contributed by atoms with van der Waals surface area (Å²) in [6.07, 6.45) is 1.74. The fraction of sp³-hybridized carbons (Fsp3) is 0.250. The maximum atomic E-state index is 10.9.